The molecule has 3 aromatic carbocycles. The highest BCUT2D eigenvalue weighted by Gasteiger charge is 2.22. The largest absolute Gasteiger partial charge is 0.504 e. The van der Waals surface area contributed by atoms with Crippen molar-refractivity contribution in [2.45, 2.75) is 39.2 Å². The lowest BCUT2D eigenvalue weighted by atomic mass is 9.89. The number of aliphatic hydroxyl groups is 1. The first-order valence-corrected chi connectivity index (χ1v) is 13.8. The topological polar surface area (TPSA) is 205 Å². The first kappa shape index (κ1) is 33.3. The number of carbonyl (C=O) groups excluding carboxylic acids is 1. The number of carbonyl (C=O) groups is 2. The summed E-state index contributed by atoms with van der Waals surface area (Å²) in [4.78, 5) is 24.2. The quantitative estimate of drug-likeness (QED) is 0.0585. The van der Waals surface area contributed by atoms with Gasteiger partial charge in [0.1, 0.15) is 0 Å². The van der Waals surface area contributed by atoms with Gasteiger partial charge in [-0.1, -0.05) is 32.1 Å². The molecular weight excluding hydrogens is 572 g/mol. The number of hydrogen-bond acceptors (Lipinski definition) is 10. The Labute approximate surface area is 253 Å². The first-order valence-electron chi connectivity index (χ1n) is 13.8. The SMILES string of the molecule is CC(C)CC(CO)Cc1cc(O)c(O)cc1C=Cc1cc(O)c(O)cc1C=CC(=O)OC(Cc1ccc(O)c(O)c1)C(=O)O. The van der Waals surface area contributed by atoms with Crippen LogP contribution in [0.25, 0.3) is 18.2 Å². The summed E-state index contributed by atoms with van der Waals surface area (Å²) in [6.07, 6.45) is 4.61. The third kappa shape index (κ3) is 9.17. The maximum Gasteiger partial charge on any atom is 0.345 e. The van der Waals surface area contributed by atoms with Gasteiger partial charge in [-0.05, 0) is 95.0 Å². The monoisotopic (exact) mass is 608 g/mol. The van der Waals surface area contributed by atoms with Crippen molar-refractivity contribution in [3.63, 3.8) is 0 Å². The van der Waals surface area contributed by atoms with E-state index in [0.29, 0.717) is 34.6 Å². The number of phenols is 6. The second-order valence-corrected chi connectivity index (χ2v) is 10.8. The Hall–Kier alpha value is -5.16. The van der Waals surface area contributed by atoms with Gasteiger partial charge < -0.3 is 45.6 Å². The van der Waals surface area contributed by atoms with E-state index < -0.39 is 35.3 Å². The van der Waals surface area contributed by atoms with Gasteiger partial charge in [-0.15, -0.1) is 0 Å². The van der Waals surface area contributed by atoms with E-state index in [1.54, 1.807) is 12.2 Å². The molecule has 11 heteroatoms. The van der Waals surface area contributed by atoms with Gasteiger partial charge in [0.05, 0.1) is 0 Å². The Morgan fingerprint density at radius 2 is 1.27 bits per heavy atom. The molecule has 3 aromatic rings. The first-order chi connectivity index (χ1) is 20.8. The van der Waals surface area contributed by atoms with Crippen LogP contribution in [0.3, 0.4) is 0 Å². The van der Waals surface area contributed by atoms with Crippen LogP contribution in [0.1, 0.15) is 48.1 Å². The second kappa shape index (κ2) is 14.8. The highest BCUT2D eigenvalue weighted by atomic mass is 16.6. The minimum absolute atomic E-state index is 0.0694. The number of carboxylic acid groups (broad SMARTS) is 1. The van der Waals surface area contributed by atoms with Crippen molar-refractivity contribution in [3.8, 4) is 34.5 Å². The lowest BCUT2D eigenvalue weighted by Gasteiger charge is -2.18. The summed E-state index contributed by atoms with van der Waals surface area (Å²) >= 11 is 0. The fourth-order valence-electron chi connectivity index (χ4n) is 4.67. The Bertz CT molecular complexity index is 1560. The molecule has 11 nitrogen and oxygen atoms in total. The highest BCUT2D eigenvalue weighted by molar-refractivity contribution is 5.90. The van der Waals surface area contributed by atoms with Gasteiger partial charge in [0.2, 0.25) is 6.10 Å². The van der Waals surface area contributed by atoms with E-state index in [1.807, 2.05) is 13.8 Å². The lowest BCUT2D eigenvalue weighted by molar-refractivity contribution is -0.160. The van der Waals surface area contributed by atoms with Crippen molar-refractivity contribution in [1.82, 2.24) is 0 Å². The predicted molar refractivity (Wildman–Crippen MR) is 162 cm³/mol. The highest BCUT2D eigenvalue weighted by Crippen LogP contribution is 2.34. The number of aliphatic carboxylic acids is 1. The number of aliphatic hydroxyl groups excluding tert-OH is 1. The van der Waals surface area contributed by atoms with Crippen LogP contribution in [0.15, 0.2) is 48.5 Å². The number of rotatable bonds is 13. The molecule has 0 saturated carbocycles. The van der Waals surface area contributed by atoms with Crippen LogP contribution in [0, 0.1) is 11.8 Å². The summed E-state index contributed by atoms with van der Waals surface area (Å²) in [5, 5.41) is 78.9. The molecule has 0 fully saturated rings. The van der Waals surface area contributed by atoms with Crippen LogP contribution in [-0.2, 0) is 27.2 Å². The minimum atomic E-state index is -1.61. The number of aromatic hydroxyl groups is 6. The molecule has 0 spiro atoms. The van der Waals surface area contributed by atoms with Crippen molar-refractivity contribution in [3.05, 3.63) is 76.4 Å². The molecule has 8 N–H and O–H groups in total. The molecular formula is C33H36O11. The molecule has 2 atom stereocenters. The Balaban J connectivity index is 1.87. The van der Waals surface area contributed by atoms with E-state index >= 15 is 0 Å². The van der Waals surface area contributed by atoms with Crippen molar-refractivity contribution >= 4 is 30.2 Å². The van der Waals surface area contributed by atoms with Gasteiger partial charge in [-0.2, -0.15) is 0 Å². The minimum Gasteiger partial charge on any atom is -0.504 e. The molecule has 0 aliphatic rings. The van der Waals surface area contributed by atoms with Gasteiger partial charge in [0.15, 0.2) is 34.5 Å². The Morgan fingerprint density at radius 1 is 0.727 bits per heavy atom. The normalized spacial score (nSPS) is 13.0. The summed E-state index contributed by atoms with van der Waals surface area (Å²) in [7, 11) is 0. The number of esters is 1. The molecule has 44 heavy (non-hydrogen) atoms. The second-order valence-electron chi connectivity index (χ2n) is 10.8. The zero-order valence-corrected chi connectivity index (χ0v) is 24.2. The standard InChI is InChI=1S/C33H36O11/c1-18(2)9-20(17-34)10-24-16-30(40)29(39)15-23(24)5-4-21-13-27(37)28(38)14-22(21)6-8-32(41)44-31(33(42)43)12-19-3-7-25(35)26(36)11-19/h3-8,11,13-16,18,20,31,34-40H,9-10,12,17H2,1-2H3,(H,42,43). The van der Waals surface area contributed by atoms with Crippen LogP contribution in [-0.4, -0.2) is 65.5 Å². The number of hydrogen-bond donors (Lipinski definition) is 8. The van der Waals surface area contributed by atoms with Crippen molar-refractivity contribution in [2.24, 2.45) is 11.8 Å². The zero-order valence-electron chi connectivity index (χ0n) is 24.2. The van der Waals surface area contributed by atoms with E-state index in [4.69, 9.17) is 4.74 Å². The molecule has 0 aliphatic carbocycles. The molecule has 0 amide bonds. The van der Waals surface area contributed by atoms with E-state index in [1.165, 1.54) is 42.5 Å². The van der Waals surface area contributed by atoms with Crippen molar-refractivity contribution in [2.75, 3.05) is 6.61 Å². The molecule has 0 bridgehead atoms. The van der Waals surface area contributed by atoms with E-state index in [9.17, 15) is 50.4 Å². The summed E-state index contributed by atoms with van der Waals surface area (Å²) in [5.41, 5.74) is 2.06. The number of phenolic OH excluding ortho intramolecular Hbond substituents is 6. The molecule has 2 unspecified atom stereocenters. The molecule has 3 rings (SSSR count). The molecule has 0 saturated heterocycles. The third-order valence-electron chi connectivity index (χ3n) is 6.82. The van der Waals surface area contributed by atoms with Gasteiger partial charge in [0, 0.05) is 19.1 Å². The molecule has 0 radical (unpaired) electrons. The van der Waals surface area contributed by atoms with Gasteiger partial charge >= 0.3 is 11.9 Å². The van der Waals surface area contributed by atoms with Crippen molar-refractivity contribution in [1.29, 1.82) is 0 Å². The van der Waals surface area contributed by atoms with E-state index in [0.717, 1.165) is 18.6 Å². The zero-order chi connectivity index (χ0) is 32.6. The average Bonchev–Trinajstić information content (AvgIpc) is 2.95. The fourth-order valence-corrected chi connectivity index (χ4v) is 4.67. The summed E-state index contributed by atoms with van der Waals surface area (Å²) in [5.74, 6) is -4.66. The maximum atomic E-state index is 12.5. The Morgan fingerprint density at radius 3 is 1.84 bits per heavy atom. The molecule has 0 aliphatic heterocycles. The summed E-state index contributed by atoms with van der Waals surface area (Å²) in [6, 6.07) is 8.91. The molecule has 0 heterocycles. The predicted octanol–water partition coefficient (Wildman–Crippen LogP) is 4.54. The average molecular weight is 609 g/mol. The van der Waals surface area contributed by atoms with Gasteiger partial charge in [-0.3, -0.25) is 0 Å². The summed E-state index contributed by atoms with van der Waals surface area (Å²) < 4.78 is 5.07. The van der Waals surface area contributed by atoms with Gasteiger partial charge in [-0.25, -0.2) is 9.59 Å². The fraction of sp³-hybridized carbons (Fsp3) is 0.273. The van der Waals surface area contributed by atoms with Gasteiger partial charge in [0.25, 0.3) is 0 Å². The number of carboxylic acids is 1. The van der Waals surface area contributed by atoms with E-state index in [-0.39, 0.29) is 41.8 Å². The van der Waals surface area contributed by atoms with Crippen LogP contribution in [0.2, 0.25) is 0 Å². The van der Waals surface area contributed by atoms with Crippen LogP contribution in [0.5, 0.6) is 34.5 Å². The smallest absolute Gasteiger partial charge is 0.345 e. The lowest BCUT2D eigenvalue weighted by Crippen LogP contribution is -2.28. The van der Waals surface area contributed by atoms with Crippen LogP contribution in [0.4, 0.5) is 0 Å². The maximum absolute atomic E-state index is 12.5. The molecule has 0 aromatic heterocycles. The molecule has 234 valence electrons. The van der Waals surface area contributed by atoms with Crippen LogP contribution < -0.4 is 0 Å². The van der Waals surface area contributed by atoms with E-state index in [2.05, 4.69) is 0 Å². The number of ether oxygens (including phenoxy) is 1. The van der Waals surface area contributed by atoms with Crippen molar-refractivity contribution < 1.29 is 55.2 Å². The van der Waals surface area contributed by atoms with Crippen LogP contribution >= 0.6 is 0 Å². The number of benzene rings is 3. The Kier molecular flexibility index (Phi) is 11.2. The third-order valence-corrected chi connectivity index (χ3v) is 6.82. The summed E-state index contributed by atoms with van der Waals surface area (Å²) in [6.45, 7) is 3.99.